The minimum absolute atomic E-state index is 0.0925. The lowest BCUT2D eigenvalue weighted by Crippen LogP contribution is -2.22. The van der Waals surface area contributed by atoms with E-state index in [2.05, 4.69) is 19.2 Å². The molecular weight excluding hydrogens is 177 g/mol. The molecule has 0 fully saturated rings. The third kappa shape index (κ3) is 2.32. The summed E-state index contributed by atoms with van der Waals surface area (Å²) in [5.74, 6) is 0.264. The van der Waals surface area contributed by atoms with Gasteiger partial charge in [-0.2, -0.15) is 0 Å². The zero-order valence-corrected chi connectivity index (χ0v) is 9.26. The molecule has 0 bridgehead atoms. The molecule has 1 nitrogen and oxygen atoms in total. The van der Waals surface area contributed by atoms with Crippen LogP contribution in [0.5, 0.6) is 0 Å². The number of nitrogens with one attached hydrogen (secondary N) is 1. The molecule has 0 spiro atoms. The number of hydrogen-bond donors (Lipinski definition) is 1. The fourth-order valence-corrected chi connectivity index (χ4v) is 1.75. The van der Waals surface area contributed by atoms with Crippen molar-refractivity contribution < 1.29 is 4.39 Å². The lowest BCUT2D eigenvalue weighted by molar-refractivity contribution is 0.424. The van der Waals surface area contributed by atoms with Crippen LogP contribution in [-0.4, -0.2) is 7.05 Å². The van der Waals surface area contributed by atoms with Crippen LogP contribution in [0.4, 0.5) is 4.39 Å². The lowest BCUT2D eigenvalue weighted by Gasteiger charge is -2.21. The SMILES string of the molecule is CNC(c1cc(C)ccc1F)C(C)C. The third-order valence-electron chi connectivity index (χ3n) is 2.46. The summed E-state index contributed by atoms with van der Waals surface area (Å²) >= 11 is 0. The number of benzene rings is 1. The van der Waals surface area contributed by atoms with Crippen molar-refractivity contribution in [3.63, 3.8) is 0 Å². The monoisotopic (exact) mass is 195 g/mol. The summed E-state index contributed by atoms with van der Waals surface area (Å²) < 4.78 is 13.5. The fraction of sp³-hybridized carbons (Fsp3) is 0.500. The Morgan fingerprint density at radius 1 is 1.29 bits per heavy atom. The Hall–Kier alpha value is -0.890. The Kier molecular flexibility index (Phi) is 3.64. The normalized spacial score (nSPS) is 13.3. The Morgan fingerprint density at radius 2 is 1.93 bits per heavy atom. The maximum Gasteiger partial charge on any atom is 0.128 e. The molecule has 0 saturated carbocycles. The molecule has 0 aliphatic carbocycles. The van der Waals surface area contributed by atoms with E-state index in [4.69, 9.17) is 0 Å². The van der Waals surface area contributed by atoms with Crippen LogP contribution in [0.3, 0.4) is 0 Å². The second-order valence-corrected chi connectivity index (χ2v) is 4.04. The van der Waals surface area contributed by atoms with Crippen LogP contribution in [0.2, 0.25) is 0 Å². The van der Waals surface area contributed by atoms with Crippen molar-refractivity contribution in [2.75, 3.05) is 7.05 Å². The summed E-state index contributed by atoms with van der Waals surface area (Å²) in [5.41, 5.74) is 1.87. The van der Waals surface area contributed by atoms with Crippen LogP contribution >= 0.6 is 0 Å². The fourth-order valence-electron chi connectivity index (χ4n) is 1.75. The largest absolute Gasteiger partial charge is 0.313 e. The minimum atomic E-state index is -0.122. The van der Waals surface area contributed by atoms with E-state index < -0.39 is 0 Å². The molecule has 1 rings (SSSR count). The molecule has 1 unspecified atom stereocenters. The van der Waals surface area contributed by atoms with Crippen LogP contribution in [0, 0.1) is 18.7 Å². The van der Waals surface area contributed by atoms with Crippen molar-refractivity contribution in [3.05, 3.63) is 35.1 Å². The Bertz CT molecular complexity index is 307. The van der Waals surface area contributed by atoms with Gasteiger partial charge in [0.15, 0.2) is 0 Å². The van der Waals surface area contributed by atoms with Crippen molar-refractivity contribution in [3.8, 4) is 0 Å². The minimum Gasteiger partial charge on any atom is -0.313 e. The van der Waals surface area contributed by atoms with Gasteiger partial charge in [-0.1, -0.05) is 31.5 Å². The number of halogens is 1. The van der Waals surface area contributed by atoms with Crippen molar-refractivity contribution in [2.24, 2.45) is 5.92 Å². The molecule has 1 N–H and O–H groups in total. The molecule has 1 aromatic rings. The molecule has 1 atom stereocenters. The van der Waals surface area contributed by atoms with Gasteiger partial charge < -0.3 is 5.32 Å². The van der Waals surface area contributed by atoms with Crippen LogP contribution in [0.25, 0.3) is 0 Å². The average molecular weight is 195 g/mol. The summed E-state index contributed by atoms with van der Waals surface area (Å²) in [5, 5.41) is 3.15. The molecule has 2 heteroatoms. The zero-order chi connectivity index (χ0) is 10.7. The number of rotatable bonds is 3. The van der Waals surface area contributed by atoms with Gasteiger partial charge in [0, 0.05) is 11.6 Å². The summed E-state index contributed by atoms with van der Waals surface area (Å²) in [6, 6.07) is 5.34. The molecular formula is C12H18FN. The Balaban J connectivity index is 3.08. The van der Waals surface area contributed by atoms with Gasteiger partial charge in [-0.25, -0.2) is 4.39 Å². The van der Waals surface area contributed by atoms with Gasteiger partial charge in [0.25, 0.3) is 0 Å². The van der Waals surface area contributed by atoms with E-state index in [0.717, 1.165) is 11.1 Å². The van der Waals surface area contributed by atoms with E-state index in [0.29, 0.717) is 5.92 Å². The summed E-state index contributed by atoms with van der Waals surface area (Å²) in [6.45, 7) is 6.15. The molecule has 0 heterocycles. The van der Waals surface area contributed by atoms with E-state index >= 15 is 0 Å². The third-order valence-corrected chi connectivity index (χ3v) is 2.46. The molecule has 14 heavy (non-hydrogen) atoms. The molecule has 0 aliphatic rings. The van der Waals surface area contributed by atoms with E-state index in [-0.39, 0.29) is 11.9 Å². The number of hydrogen-bond acceptors (Lipinski definition) is 1. The first-order valence-corrected chi connectivity index (χ1v) is 4.99. The zero-order valence-electron chi connectivity index (χ0n) is 9.26. The van der Waals surface area contributed by atoms with Gasteiger partial charge in [-0.15, -0.1) is 0 Å². The summed E-state index contributed by atoms with van der Waals surface area (Å²) in [4.78, 5) is 0. The average Bonchev–Trinajstić information content (AvgIpc) is 2.11. The molecule has 1 aromatic carbocycles. The molecule has 0 aromatic heterocycles. The van der Waals surface area contributed by atoms with Crippen molar-refractivity contribution in [2.45, 2.75) is 26.8 Å². The second-order valence-electron chi connectivity index (χ2n) is 4.04. The van der Waals surface area contributed by atoms with Gasteiger partial charge in [-0.05, 0) is 26.0 Å². The van der Waals surface area contributed by atoms with Crippen molar-refractivity contribution >= 4 is 0 Å². The van der Waals surface area contributed by atoms with Crippen molar-refractivity contribution in [1.29, 1.82) is 0 Å². The standard InChI is InChI=1S/C12H18FN/c1-8(2)12(14-4)10-7-9(3)5-6-11(10)13/h5-8,12,14H,1-4H3. The quantitative estimate of drug-likeness (QED) is 0.781. The van der Waals surface area contributed by atoms with Crippen LogP contribution in [-0.2, 0) is 0 Å². The van der Waals surface area contributed by atoms with Gasteiger partial charge in [0.1, 0.15) is 5.82 Å². The first-order chi connectivity index (χ1) is 6.56. The van der Waals surface area contributed by atoms with Crippen LogP contribution < -0.4 is 5.32 Å². The highest BCUT2D eigenvalue weighted by molar-refractivity contribution is 5.27. The van der Waals surface area contributed by atoms with E-state index in [1.54, 1.807) is 6.07 Å². The topological polar surface area (TPSA) is 12.0 Å². The lowest BCUT2D eigenvalue weighted by atomic mass is 9.94. The predicted molar refractivity (Wildman–Crippen MR) is 57.8 cm³/mol. The van der Waals surface area contributed by atoms with E-state index in [9.17, 15) is 4.39 Å². The van der Waals surface area contributed by atoms with Crippen molar-refractivity contribution in [1.82, 2.24) is 5.32 Å². The molecule has 0 radical (unpaired) electrons. The van der Waals surface area contributed by atoms with E-state index in [1.807, 2.05) is 20.0 Å². The summed E-state index contributed by atoms with van der Waals surface area (Å²) in [6.07, 6.45) is 0. The molecule has 78 valence electrons. The Morgan fingerprint density at radius 3 is 2.43 bits per heavy atom. The highest BCUT2D eigenvalue weighted by Gasteiger charge is 2.17. The maximum absolute atomic E-state index is 13.5. The first-order valence-electron chi connectivity index (χ1n) is 4.99. The molecule has 0 amide bonds. The van der Waals surface area contributed by atoms with Gasteiger partial charge in [0.05, 0.1) is 0 Å². The van der Waals surface area contributed by atoms with Gasteiger partial charge in [0.2, 0.25) is 0 Å². The Labute approximate surface area is 85.3 Å². The summed E-state index contributed by atoms with van der Waals surface area (Å²) in [7, 11) is 1.87. The number of aryl methyl sites for hydroxylation is 1. The van der Waals surface area contributed by atoms with Crippen LogP contribution in [0.1, 0.15) is 31.0 Å². The van der Waals surface area contributed by atoms with E-state index in [1.165, 1.54) is 6.07 Å². The second kappa shape index (κ2) is 4.56. The molecule has 0 aliphatic heterocycles. The highest BCUT2D eigenvalue weighted by Crippen LogP contribution is 2.24. The highest BCUT2D eigenvalue weighted by atomic mass is 19.1. The smallest absolute Gasteiger partial charge is 0.128 e. The predicted octanol–water partition coefficient (Wildman–Crippen LogP) is 3.05. The maximum atomic E-state index is 13.5. The first kappa shape index (κ1) is 11.2. The van der Waals surface area contributed by atoms with Crippen LogP contribution in [0.15, 0.2) is 18.2 Å². The van der Waals surface area contributed by atoms with Gasteiger partial charge in [-0.3, -0.25) is 0 Å². The molecule has 0 saturated heterocycles. The van der Waals surface area contributed by atoms with Gasteiger partial charge >= 0.3 is 0 Å².